The first-order valence-electron chi connectivity index (χ1n) is 18.5. The predicted molar refractivity (Wildman–Crippen MR) is 231 cm³/mol. The summed E-state index contributed by atoms with van der Waals surface area (Å²) in [6.45, 7) is 14.4. The van der Waals surface area contributed by atoms with Gasteiger partial charge < -0.3 is 9.97 Å². The van der Waals surface area contributed by atoms with Crippen LogP contribution >= 0.6 is 11.8 Å². The average Bonchev–Trinajstić information content (AvgIpc) is 3.97. The predicted octanol–water partition coefficient (Wildman–Crippen LogP) is 12.1. The van der Waals surface area contributed by atoms with Crippen molar-refractivity contribution in [2.45, 2.75) is 54.2 Å². The van der Waals surface area contributed by atoms with Crippen LogP contribution in [0.25, 0.3) is 79.8 Å². The third-order valence-corrected chi connectivity index (χ3v) is 11.3. The summed E-state index contributed by atoms with van der Waals surface area (Å²) in [5.41, 5.74) is 21.1. The van der Waals surface area contributed by atoms with Crippen LogP contribution in [0.5, 0.6) is 0 Å². The Bertz CT molecular complexity index is 2610. The molecule has 5 heterocycles. The fourth-order valence-electron chi connectivity index (χ4n) is 8.29. The summed E-state index contributed by atoms with van der Waals surface area (Å²) in [6, 6.07) is 25.8. The SMILES string of the molecule is CC(=O)SCc1ccc(-c2c3ccc([nH]3)c(-c3c(C)cc(C)cc3C)c3nc(c(C=O)c4nc(c(-c5c(C)cc(C)cc5C)c5ccc2[nH]5)C=C4)C=C3)cc1. The second kappa shape index (κ2) is 14.3. The Balaban J connectivity index is 1.54. The molecule has 3 aromatic carbocycles. The van der Waals surface area contributed by atoms with Crippen LogP contribution in [0.15, 0.2) is 72.8 Å². The highest BCUT2D eigenvalue weighted by Crippen LogP contribution is 2.39. The van der Waals surface area contributed by atoms with Crippen molar-refractivity contribution in [1.82, 2.24) is 19.9 Å². The number of rotatable bonds is 6. The van der Waals surface area contributed by atoms with Crippen molar-refractivity contribution in [3.05, 3.63) is 140 Å². The lowest BCUT2D eigenvalue weighted by Gasteiger charge is -2.13. The second-order valence-corrected chi connectivity index (χ2v) is 15.8. The molecular weight excluding hydrogens is 697 g/mol. The number of nitrogens with one attached hydrogen (secondary N) is 2. The van der Waals surface area contributed by atoms with Gasteiger partial charge in [0, 0.05) is 51.4 Å². The molecule has 0 aliphatic carbocycles. The molecule has 0 atom stereocenters. The Kier molecular flexibility index (Phi) is 9.35. The normalized spacial score (nSPS) is 12.1. The Morgan fingerprint density at radius 2 is 0.964 bits per heavy atom. The molecule has 6 aromatic rings. The lowest BCUT2D eigenvalue weighted by Crippen LogP contribution is -1.96. The molecule has 2 aliphatic rings. The van der Waals surface area contributed by atoms with E-state index in [0.717, 1.165) is 101 Å². The number of fused-ring (bicyclic) bond motifs is 8. The number of aromatic nitrogens is 4. The lowest BCUT2D eigenvalue weighted by molar-refractivity contribution is -0.109. The summed E-state index contributed by atoms with van der Waals surface area (Å²) < 4.78 is 0. The highest BCUT2D eigenvalue weighted by atomic mass is 32.2. The largest absolute Gasteiger partial charge is 0.354 e. The van der Waals surface area contributed by atoms with E-state index in [1.807, 2.05) is 24.3 Å². The van der Waals surface area contributed by atoms with Gasteiger partial charge >= 0.3 is 0 Å². The van der Waals surface area contributed by atoms with Crippen molar-refractivity contribution in [2.24, 2.45) is 0 Å². The maximum atomic E-state index is 12.9. The maximum absolute atomic E-state index is 12.9. The number of nitrogens with zero attached hydrogens (tertiary/aromatic N) is 2. The van der Waals surface area contributed by atoms with Gasteiger partial charge in [0.2, 0.25) is 0 Å². The van der Waals surface area contributed by atoms with Gasteiger partial charge in [0.05, 0.1) is 28.3 Å². The van der Waals surface area contributed by atoms with E-state index in [0.29, 0.717) is 22.7 Å². The number of aromatic amines is 2. The fourth-order valence-corrected chi connectivity index (χ4v) is 8.85. The van der Waals surface area contributed by atoms with E-state index < -0.39 is 0 Å². The molecule has 55 heavy (non-hydrogen) atoms. The fraction of sp³-hybridized carbons (Fsp3) is 0.167. The standard InChI is InChI=1S/C48H42N4O2S/c1-26-20-28(3)44(29(4)21-26)47-40-14-12-36(49-40)35(24-53)37-13-15-41(50-37)48(45-30(5)22-27(2)23-31(45)6)43-19-17-39(52-43)46(38-16-18-42(47)51-38)34-10-8-33(9-11-34)25-55-32(7)54/h8-24,51-52H,25H2,1-7H3. The molecule has 0 spiro atoms. The van der Waals surface area contributed by atoms with Gasteiger partial charge in [-0.05, 0) is 135 Å². The van der Waals surface area contributed by atoms with Crippen LogP contribution in [0, 0.1) is 41.5 Å². The Labute approximate surface area is 325 Å². The van der Waals surface area contributed by atoms with Crippen LogP contribution in [0.2, 0.25) is 0 Å². The zero-order valence-corrected chi connectivity index (χ0v) is 33.0. The quantitative estimate of drug-likeness (QED) is 0.166. The van der Waals surface area contributed by atoms with Gasteiger partial charge in [-0.15, -0.1) is 0 Å². The minimum absolute atomic E-state index is 0.101. The number of H-pyrrole nitrogens is 2. The van der Waals surface area contributed by atoms with Crippen molar-refractivity contribution >= 4 is 69.5 Å². The number of aryl methyl sites for hydroxylation is 6. The van der Waals surface area contributed by atoms with Crippen molar-refractivity contribution < 1.29 is 9.59 Å². The van der Waals surface area contributed by atoms with E-state index in [9.17, 15) is 9.59 Å². The van der Waals surface area contributed by atoms with Crippen LogP contribution in [-0.2, 0) is 10.5 Å². The Morgan fingerprint density at radius 3 is 1.36 bits per heavy atom. The van der Waals surface area contributed by atoms with Gasteiger partial charge in [0.1, 0.15) is 0 Å². The highest BCUT2D eigenvalue weighted by molar-refractivity contribution is 8.12. The summed E-state index contributed by atoms with van der Waals surface area (Å²) in [5.74, 6) is 0.623. The van der Waals surface area contributed by atoms with Crippen LogP contribution < -0.4 is 0 Å². The molecule has 0 saturated heterocycles. The highest BCUT2D eigenvalue weighted by Gasteiger charge is 2.21. The van der Waals surface area contributed by atoms with Crippen molar-refractivity contribution in [3.63, 3.8) is 0 Å². The smallest absolute Gasteiger partial charge is 0.186 e. The van der Waals surface area contributed by atoms with Gasteiger partial charge in [-0.2, -0.15) is 0 Å². The summed E-state index contributed by atoms with van der Waals surface area (Å²) in [6.07, 6.45) is 8.73. The van der Waals surface area contributed by atoms with E-state index >= 15 is 0 Å². The molecule has 8 bridgehead atoms. The summed E-state index contributed by atoms with van der Waals surface area (Å²) in [7, 11) is 0. The Hall–Kier alpha value is -6.05. The van der Waals surface area contributed by atoms with Gasteiger partial charge in [-0.25, -0.2) is 9.97 Å². The molecule has 0 saturated carbocycles. The van der Waals surface area contributed by atoms with Crippen LogP contribution in [0.1, 0.15) is 79.0 Å². The second-order valence-electron chi connectivity index (χ2n) is 14.7. The minimum Gasteiger partial charge on any atom is -0.354 e. The molecule has 0 unspecified atom stereocenters. The first-order chi connectivity index (χ1) is 26.5. The van der Waals surface area contributed by atoms with Crippen molar-refractivity contribution in [1.29, 1.82) is 0 Å². The third-order valence-electron chi connectivity index (χ3n) is 10.5. The average molecular weight is 739 g/mol. The molecule has 2 aliphatic heterocycles. The third kappa shape index (κ3) is 6.70. The molecule has 0 amide bonds. The summed E-state index contributed by atoms with van der Waals surface area (Å²) >= 11 is 1.31. The molecule has 2 N–H and O–H groups in total. The topological polar surface area (TPSA) is 91.5 Å². The summed E-state index contributed by atoms with van der Waals surface area (Å²) in [5, 5.41) is 0.101. The number of thioether (sulfide) groups is 1. The number of carbonyl (C=O) groups is 2. The van der Waals surface area contributed by atoms with Crippen molar-refractivity contribution in [3.8, 4) is 33.4 Å². The minimum atomic E-state index is 0.101. The van der Waals surface area contributed by atoms with Crippen molar-refractivity contribution in [2.75, 3.05) is 0 Å². The first-order valence-corrected chi connectivity index (χ1v) is 19.5. The van der Waals surface area contributed by atoms with E-state index in [4.69, 9.17) is 9.97 Å². The molecule has 8 rings (SSSR count). The molecular formula is C48H42N4O2S. The van der Waals surface area contributed by atoms with E-state index in [1.54, 1.807) is 6.92 Å². The monoisotopic (exact) mass is 738 g/mol. The van der Waals surface area contributed by atoms with Gasteiger partial charge in [0.15, 0.2) is 11.4 Å². The van der Waals surface area contributed by atoms with Gasteiger partial charge in [-0.1, -0.05) is 71.4 Å². The zero-order chi connectivity index (χ0) is 38.5. The lowest BCUT2D eigenvalue weighted by atomic mass is 9.92. The molecule has 3 aromatic heterocycles. The van der Waals surface area contributed by atoms with E-state index in [2.05, 4.69) is 124 Å². The molecule has 272 valence electrons. The van der Waals surface area contributed by atoms with Gasteiger partial charge in [-0.3, -0.25) is 9.59 Å². The van der Waals surface area contributed by atoms with Gasteiger partial charge in [0.25, 0.3) is 0 Å². The molecule has 7 heteroatoms. The maximum Gasteiger partial charge on any atom is 0.186 e. The zero-order valence-electron chi connectivity index (χ0n) is 32.1. The van der Waals surface area contributed by atoms with E-state index in [1.165, 1.54) is 22.9 Å². The Morgan fingerprint density at radius 1 is 0.564 bits per heavy atom. The van der Waals surface area contributed by atoms with Crippen LogP contribution in [0.3, 0.4) is 0 Å². The van der Waals surface area contributed by atoms with E-state index in [-0.39, 0.29) is 5.12 Å². The molecule has 0 fully saturated rings. The molecule has 6 nitrogen and oxygen atoms in total. The first kappa shape index (κ1) is 36.0. The number of hydrogen-bond acceptors (Lipinski definition) is 5. The number of aldehydes is 1. The number of hydrogen-bond donors (Lipinski definition) is 2. The number of benzene rings is 3. The van der Waals surface area contributed by atoms with Crippen LogP contribution in [-0.4, -0.2) is 31.3 Å². The number of carbonyl (C=O) groups excluding carboxylic acids is 2. The van der Waals surface area contributed by atoms with Crippen LogP contribution in [0.4, 0.5) is 0 Å². The molecule has 0 radical (unpaired) electrons. The summed E-state index contributed by atoms with van der Waals surface area (Å²) in [4.78, 5) is 42.6.